The zero-order valence-corrected chi connectivity index (χ0v) is 7.18. The minimum Gasteiger partial charge on any atom is -0.474 e. The Hall–Kier alpha value is -0.870. The quantitative estimate of drug-likeness (QED) is 0.777. The monoisotopic (exact) mass is 192 g/mol. The SMILES string of the molecule is Cl.NCCOc1ncccc1F. The molecule has 0 aliphatic carbocycles. The van der Waals surface area contributed by atoms with E-state index in [1.54, 1.807) is 0 Å². The van der Waals surface area contributed by atoms with Gasteiger partial charge in [0.15, 0.2) is 5.82 Å². The summed E-state index contributed by atoms with van der Waals surface area (Å²) in [5.41, 5.74) is 5.15. The molecule has 1 heterocycles. The van der Waals surface area contributed by atoms with Crippen molar-refractivity contribution in [1.82, 2.24) is 4.98 Å². The van der Waals surface area contributed by atoms with Crippen molar-refractivity contribution in [2.45, 2.75) is 0 Å². The van der Waals surface area contributed by atoms with Gasteiger partial charge in [-0.05, 0) is 12.1 Å². The molecule has 1 aromatic heterocycles. The molecule has 0 saturated heterocycles. The summed E-state index contributed by atoms with van der Waals surface area (Å²) in [5, 5.41) is 0. The van der Waals surface area contributed by atoms with Gasteiger partial charge in [0.1, 0.15) is 6.61 Å². The van der Waals surface area contributed by atoms with Crippen molar-refractivity contribution >= 4 is 12.4 Å². The lowest BCUT2D eigenvalue weighted by atomic mass is 10.5. The van der Waals surface area contributed by atoms with Crippen LogP contribution in [0.1, 0.15) is 0 Å². The van der Waals surface area contributed by atoms with Crippen molar-refractivity contribution in [3.8, 4) is 5.88 Å². The van der Waals surface area contributed by atoms with Gasteiger partial charge in [-0.2, -0.15) is 0 Å². The average molecular weight is 193 g/mol. The maximum atomic E-state index is 12.7. The molecule has 0 spiro atoms. The van der Waals surface area contributed by atoms with E-state index >= 15 is 0 Å². The van der Waals surface area contributed by atoms with Crippen LogP contribution in [-0.2, 0) is 0 Å². The van der Waals surface area contributed by atoms with Crippen molar-refractivity contribution in [3.05, 3.63) is 24.1 Å². The summed E-state index contributed by atoms with van der Waals surface area (Å²) in [7, 11) is 0. The number of halogens is 2. The Morgan fingerprint density at radius 1 is 1.58 bits per heavy atom. The molecule has 12 heavy (non-hydrogen) atoms. The van der Waals surface area contributed by atoms with E-state index in [2.05, 4.69) is 4.98 Å². The Kier molecular flexibility index (Phi) is 5.32. The van der Waals surface area contributed by atoms with Gasteiger partial charge in [-0.1, -0.05) is 0 Å². The van der Waals surface area contributed by atoms with Crippen LogP contribution in [-0.4, -0.2) is 18.1 Å². The molecular formula is C7H10ClFN2O. The van der Waals surface area contributed by atoms with Crippen LogP contribution in [0.25, 0.3) is 0 Å². The molecule has 0 saturated carbocycles. The number of ether oxygens (including phenoxy) is 1. The first-order valence-electron chi connectivity index (χ1n) is 3.28. The summed E-state index contributed by atoms with van der Waals surface area (Å²) in [6.45, 7) is 0.643. The largest absolute Gasteiger partial charge is 0.474 e. The first-order valence-corrected chi connectivity index (χ1v) is 3.28. The predicted molar refractivity (Wildman–Crippen MR) is 46.0 cm³/mol. The molecule has 3 nitrogen and oxygen atoms in total. The van der Waals surface area contributed by atoms with Crippen molar-refractivity contribution in [1.29, 1.82) is 0 Å². The molecule has 0 aliphatic heterocycles. The molecule has 0 atom stereocenters. The molecule has 0 aromatic carbocycles. The minimum atomic E-state index is -0.457. The normalized spacial score (nSPS) is 8.83. The summed E-state index contributed by atoms with van der Waals surface area (Å²) in [6.07, 6.45) is 1.47. The summed E-state index contributed by atoms with van der Waals surface area (Å²) < 4.78 is 17.6. The maximum Gasteiger partial charge on any atom is 0.250 e. The van der Waals surface area contributed by atoms with E-state index in [1.807, 2.05) is 0 Å². The van der Waals surface area contributed by atoms with E-state index in [9.17, 15) is 4.39 Å². The highest BCUT2D eigenvalue weighted by Crippen LogP contribution is 2.10. The topological polar surface area (TPSA) is 48.1 Å². The summed E-state index contributed by atoms with van der Waals surface area (Å²) in [4.78, 5) is 3.66. The second-order valence-electron chi connectivity index (χ2n) is 1.93. The van der Waals surface area contributed by atoms with Gasteiger partial charge in [-0.15, -0.1) is 12.4 Å². The molecule has 1 aromatic rings. The van der Waals surface area contributed by atoms with Crippen LogP contribution in [0, 0.1) is 5.82 Å². The van der Waals surface area contributed by atoms with E-state index in [4.69, 9.17) is 10.5 Å². The molecule has 1 rings (SSSR count). The number of hydrogen-bond acceptors (Lipinski definition) is 3. The Morgan fingerprint density at radius 3 is 2.92 bits per heavy atom. The predicted octanol–water partition coefficient (Wildman–Crippen LogP) is 0.980. The van der Waals surface area contributed by atoms with Crippen molar-refractivity contribution in [2.24, 2.45) is 5.73 Å². The highest BCUT2D eigenvalue weighted by atomic mass is 35.5. The zero-order valence-electron chi connectivity index (χ0n) is 6.37. The standard InChI is InChI=1S/C7H9FN2O.ClH/c8-6-2-1-4-10-7(6)11-5-3-9;/h1-2,4H,3,5,9H2;1H. The molecule has 0 unspecified atom stereocenters. The average Bonchev–Trinajstić information content (AvgIpc) is 2.03. The number of pyridine rings is 1. The van der Waals surface area contributed by atoms with Gasteiger partial charge < -0.3 is 10.5 Å². The van der Waals surface area contributed by atoms with Gasteiger partial charge in [0, 0.05) is 12.7 Å². The van der Waals surface area contributed by atoms with E-state index in [0.717, 1.165) is 0 Å². The van der Waals surface area contributed by atoms with Gasteiger partial charge in [-0.25, -0.2) is 9.37 Å². The second kappa shape index (κ2) is 5.74. The number of hydrogen-bond donors (Lipinski definition) is 1. The molecule has 0 amide bonds. The lowest BCUT2D eigenvalue weighted by molar-refractivity contribution is 0.297. The lowest BCUT2D eigenvalue weighted by Crippen LogP contribution is -2.11. The smallest absolute Gasteiger partial charge is 0.250 e. The molecule has 0 aliphatic rings. The number of rotatable bonds is 3. The first-order chi connectivity index (χ1) is 5.34. The summed E-state index contributed by atoms with van der Waals surface area (Å²) in [5.74, 6) is -0.445. The number of nitrogens with zero attached hydrogens (tertiary/aromatic N) is 1. The Morgan fingerprint density at radius 2 is 2.33 bits per heavy atom. The lowest BCUT2D eigenvalue weighted by Gasteiger charge is -2.02. The molecule has 2 N–H and O–H groups in total. The van der Waals surface area contributed by atoms with Gasteiger partial charge in [-0.3, -0.25) is 0 Å². The van der Waals surface area contributed by atoms with Crippen LogP contribution < -0.4 is 10.5 Å². The molecular weight excluding hydrogens is 183 g/mol. The van der Waals surface area contributed by atoms with E-state index in [-0.39, 0.29) is 24.9 Å². The maximum absolute atomic E-state index is 12.7. The van der Waals surface area contributed by atoms with Gasteiger partial charge in [0.05, 0.1) is 0 Å². The summed E-state index contributed by atoms with van der Waals surface area (Å²) >= 11 is 0. The third-order valence-electron chi connectivity index (χ3n) is 1.08. The molecule has 0 bridgehead atoms. The van der Waals surface area contributed by atoms with Gasteiger partial charge in [0.25, 0.3) is 0 Å². The van der Waals surface area contributed by atoms with E-state index in [1.165, 1.54) is 18.3 Å². The third kappa shape index (κ3) is 3.02. The van der Waals surface area contributed by atoms with Crippen molar-refractivity contribution < 1.29 is 9.13 Å². The van der Waals surface area contributed by atoms with E-state index in [0.29, 0.717) is 6.54 Å². The Labute approximate surface area is 76.2 Å². The Balaban J connectivity index is 0.00000121. The Bertz CT molecular complexity index is 234. The second-order valence-corrected chi connectivity index (χ2v) is 1.93. The summed E-state index contributed by atoms with van der Waals surface area (Å²) in [6, 6.07) is 2.80. The minimum absolute atomic E-state index is 0. The fourth-order valence-electron chi connectivity index (χ4n) is 0.633. The van der Waals surface area contributed by atoms with Gasteiger partial charge >= 0.3 is 0 Å². The molecule has 0 radical (unpaired) electrons. The van der Waals surface area contributed by atoms with Crippen LogP contribution >= 0.6 is 12.4 Å². The van der Waals surface area contributed by atoms with Crippen LogP contribution in [0.15, 0.2) is 18.3 Å². The fraction of sp³-hybridized carbons (Fsp3) is 0.286. The van der Waals surface area contributed by atoms with E-state index < -0.39 is 5.82 Å². The number of nitrogens with two attached hydrogens (primary N) is 1. The van der Waals surface area contributed by atoms with Crippen LogP contribution in [0.5, 0.6) is 5.88 Å². The molecule has 5 heteroatoms. The highest BCUT2D eigenvalue weighted by molar-refractivity contribution is 5.85. The molecule has 0 fully saturated rings. The molecule has 68 valence electrons. The zero-order chi connectivity index (χ0) is 8.10. The van der Waals surface area contributed by atoms with Crippen LogP contribution in [0.2, 0.25) is 0 Å². The van der Waals surface area contributed by atoms with Crippen LogP contribution in [0.3, 0.4) is 0 Å². The fourth-order valence-corrected chi connectivity index (χ4v) is 0.633. The highest BCUT2D eigenvalue weighted by Gasteiger charge is 2.00. The first kappa shape index (κ1) is 11.1. The number of aromatic nitrogens is 1. The van der Waals surface area contributed by atoms with Gasteiger partial charge in [0.2, 0.25) is 5.88 Å². The van der Waals surface area contributed by atoms with Crippen molar-refractivity contribution in [2.75, 3.05) is 13.2 Å². The van der Waals surface area contributed by atoms with Crippen LogP contribution in [0.4, 0.5) is 4.39 Å². The van der Waals surface area contributed by atoms with Crippen molar-refractivity contribution in [3.63, 3.8) is 0 Å². The third-order valence-corrected chi connectivity index (χ3v) is 1.08.